The van der Waals surface area contributed by atoms with Crippen LogP contribution in [0.4, 0.5) is 5.69 Å². The first-order valence-corrected chi connectivity index (χ1v) is 5.57. The Hall–Kier alpha value is -2.02. The van der Waals surface area contributed by atoms with E-state index >= 15 is 0 Å². The SMILES string of the molecule is CC1Oc2cc(CCC#N)ccc2N(C)C1=O. The van der Waals surface area contributed by atoms with Gasteiger partial charge in [0, 0.05) is 13.5 Å². The standard InChI is InChI=1S/C13H14N2O2/c1-9-13(16)15(2)11-6-5-10(4-3-7-14)8-12(11)17-9/h5-6,8-9H,3-4H2,1-2H3. The van der Waals surface area contributed by atoms with Crippen LogP contribution in [-0.2, 0) is 11.2 Å². The fourth-order valence-corrected chi connectivity index (χ4v) is 1.92. The maximum absolute atomic E-state index is 11.7. The summed E-state index contributed by atoms with van der Waals surface area (Å²) in [7, 11) is 1.75. The van der Waals surface area contributed by atoms with Crippen LogP contribution in [0.5, 0.6) is 5.75 Å². The predicted molar refractivity (Wildman–Crippen MR) is 63.9 cm³/mol. The summed E-state index contributed by atoms with van der Waals surface area (Å²) < 4.78 is 5.56. The molecule has 1 aromatic rings. The number of likely N-dealkylation sites (N-methyl/N-ethyl adjacent to an activating group) is 1. The molecule has 0 saturated carbocycles. The van der Waals surface area contributed by atoms with E-state index in [0.29, 0.717) is 12.8 Å². The summed E-state index contributed by atoms with van der Waals surface area (Å²) in [6.07, 6.45) is 0.751. The molecule has 0 fully saturated rings. The molecule has 88 valence electrons. The van der Waals surface area contributed by atoms with Crippen molar-refractivity contribution in [1.82, 2.24) is 0 Å². The monoisotopic (exact) mass is 230 g/mol. The zero-order chi connectivity index (χ0) is 12.4. The van der Waals surface area contributed by atoms with E-state index in [1.165, 1.54) is 0 Å². The molecule has 1 unspecified atom stereocenters. The van der Waals surface area contributed by atoms with E-state index in [-0.39, 0.29) is 5.91 Å². The van der Waals surface area contributed by atoms with E-state index in [9.17, 15) is 4.79 Å². The predicted octanol–water partition coefficient (Wildman–Crippen LogP) is 1.89. The lowest BCUT2D eigenvalue weighted by Crippen LogP contribution is -2.41. The van der Waals surface area contributed by atoms with Gasteiger partial charge in [-0.25, -0.2) is 0 Å². The molecule has 17 heavy (non-hydrogen) atoms. The van der Waals surface area contributed by atoms with Crippen molar-refractivity contribution >= 4 is 11.6 Å². The van der Waals surface area contributed by atoms with Gasteiger partial charge >= 0.3 is 0 Å². The maximum atomic E-state index is 11.7. The van der Waals surface area contributed by atoms with Gasteiger partial charge in [-0.2, -0.15) is 5.26 Å². The summed E-state index contributed by atoms with van der Waals surface area (Å²) >= 11 is 0. The summed E-state index contributed by atoms with van der Waals surface area (Å²) in [4.78, 5) is 13.3. The molecule has 1 amide bonds. The Bertz CT molecular complexity index is 491. The molecule has 0 bridgehead atoms. The number of hydrogen-bond acceptors (Lipinski definition) is 3. The van der Waals surface area contributed by atoms with Crippen molar-refractivity contribution in [2.45, 2.75) is 25.9 Å². The smallest absolute Gasteiger partial charge is 0.267 e. The molecule has 1 heterocycles. The molecule has 0 aromatic heterocycles. The van der Waals surface area contributed by atoms with Crippen LogP contribution < -0.4 is 9.64 Å². The van der Waals surface area contributed by atoms with Crippen LogP contribution in [0, 0.1) is 11.3 Å². The second-order valence-corrected chi connectivity index (χ2v) is 4.12. The van der Waals surface area contributed by atoms with Gasteiger partial charge in [0.05, 0.1) is 11.8 Å². The van der Waals surface area contributed by atoms with Crippen LogP contribution in [0.25, 0.3) is 0 Å². The van der Waals surface area contributed by atoms with Crippen LogP contribution in [-0.4, -0.2) is 19.1 Å². The minimum Gasteiger partial charge on any atom is -0.479 e. The number of fused-ring (bicyclic) bond motifs is 1. The highest BCUT2D eigenvalue weighted by Crippen LogP contribution is 2.34. The number of ether oxygens (including phenoxy) is 1. The van der Waals surface area contributed by atoms with Gasteiger partial charge in [-0.3, -0.25) is 4.79 Å². The lowest BCUT2D eigenvalue weighted by Gasteiger charge is -2.30. The van der Waals surface area contributed by atoms with Crippen LogP contribution >= 0.6 is 0 Å². The largest absolute Gasteiger partial charge is 0.479 e. The molecule has 1 aliphatic heterocycles. The molecular formula is C13H14N2O2. The number of amides is 1. The second-order valence-electron chi connectivity index (χ2n) is 4.12. The van der Waals surface area contributed by atoms with E-state index in [1.54, 1.807) is 18.9 Å². The van der Waals surface area contributed by atoms with Gasteiger partial charge in [-0.15, -0.1) is 0 Å². The Balaban J connectivity index is 2.31. The normalized spacial score (nSPS) is 18.3. The van der Waals surface area contributed by atoms with Crippen LogP contribution in [0.15, 0.2) is 18.2 Å². The van der Waals surface area contributed by atoms with Crippen LogP contribution in [0.1, 0.15) is 18.9 Å². The highest BCUT2D eigenvalue weighted by Gasteiger charge is 2.28. The summed E-state index contributed by atoms with van der Waals surface area (Å²) in [6.45, 7) is 1.74. The van der Waals surface area contributed by atoms with E-state index < -0.39 is 6.10 Å². The lowest BCUT2D eigenvalue weighted by atomic mass is 10.1. The zero-order valence-corrected chi connectivity index (χ0v) is 9.93. The topological polar surface area (TPSA) is 53.3 Å². The molecule has 0 saturated heterocycles. The molecule has 0 aliphatic carbocycles. The molecule has 2 rings (SSSR count). The number of anilines is 1. The molecule has 0 spiro atoms. The Morgan fingerprint density at radius 1 is 1.53 bits per heavy atom. The molecular weight excluding hydrogens is 216 g/mol. The van der Waals surface area contributed by atoms with Crippen molar-refractivity contribution in [3.05, 3.63) is 23.8 Å². The minimum atomic E-state index is -0.446. The number of carbonyl (C=O) groups excluding carboxylic acids is 1. The van der Waals surface area contributed by atoms with Crippen molar-refractivity contribution in [1.29, 1.82) is 5.26 Å². The van der Waals surface area contributed by atoms with Gasteiger partial charge in [0.15, 0.2) is 6.10 Å². The Morgan fingerprint density at radius 2 is 2.29 bits per heavy atom. The molecule has 0 radical (unpaired) electrons. The van der Waals surface area contributed by atoms with Crippen molar-refractivity contribution in [3.63, 3.8) is 0 Å². The number of rotatable bonds is 2. The fraction of sp³-hybridized carbons (Fsp3) is 0.385. The molecule has 1 atom stereocenters. The van der Waals surface area contributed by atoms with Crippen molar-refractivity contribution in [2.24, 2.45) is 0 Å². The van der Waals surface area contributed by atoms with Gasteiger partial charge in [0.25, 0.3) is 5.91 Å². The number of aryl methyl sites for hydroxylation is 1. The molecule has 1 aromatic carbocycles. The summed E-state index contributed by atoms with van der Waals surface area (Å²) in [5, 5.41) is 8.55. The van der Waals surface area contributed by atoms with Crippen molar-refractivity contribution in [2.75, 3.05) is 11.9 Å². The first kappa shape index (κ1) is 11.5. The number of hydrogen-bond donors (Lipinski definition) is 0. The van der Waals surface area contributed by atoms with Gasteiger partial charge in [0.2, 0.25) is 0 Å². The first-order valence-electron chi connectivity index (χ1n) is 5.57. The van der Waals surface area contributed by atoms with Crippen LogP contribution in [0.3, 0.4) is 0 Å². The van der Waals surface area contributed by atoms with Crippen LogP contribution in [0.2, 0.25) is 0 Å². The van der Waals surface area contributed by atoms with E-state index in [4.69, 9.17) is 10.00 Å². The number of nitrogens with zero attached hydrogens (tertiary/aromatic N) is 2. The van der Waals surface area contributed by atoms with Gasteiger partial charge in [0.1, 0.15) is 5.75 Å². The summed E-state index contributed by atoms with van der Waals surface area (Å²) in [5.41, 5.74) is 1.84. The Labute approximate surface area is 100 Å². The molecule has 0 N–H and O–H groups in total. The van der Waals surface area contributed by atoms with Gasteiger partial charge in [-0.05, 0) is 31.0 Å². The van der Waals surface area contributed by atoms with Crippen molar-refractivity contribution in [3.8, 4) is 11.8 Å². The number of nitriles is 1. The fourth-order valence-electron chi connectivity index (χ4n) is 1.92. The Kier molecular flexibility index (Phi) is 3.01. The second kappa shape index (κ2) is 4.46. The highest BCUT2D eigenvalue weighted by molar-refractivity contribution is 5.99. The quantitative estimate of drug-likeness (QED) is 0.779. The third-order valence-corrected chi connectivity index (χ3v) is 2.89. The summed E-state index contributed by atoms with van der Waals surface area (Å²) in [6, 6.07) is 7.82. The molecule has 4 nitrogen and oxygen atoms in total. The van der Waals surface area contributed by atoms with Gasteiger partial charge < -0.3 is 9.64 Å². The highest BCUT2D eigenvalue weighted by atomic mass is 16.5. The lowest BCUT2D eigenvalue weighted by molar-refractivity contribution is -0.125. The van der Waals surface area contributed by atoms with Gasteiger partial charge in [-0.1, -0.05) is 6.07 Å². The van der Waals surface area contributed by atoms with E-state index in [2.05, 4.69) is 6.07 Å². The van der Waals surface area contributed by atoms with E-state index in [0.717, 1.165) is 17.0 Å². The average Bonchev–Trinajstić information content (AvgIpc) is 2.33. The molecule has 4 heteroatoms. The third-order valence-electron chi connectivity index (χ3n) is 2.89. The molecule has 1 aliphatic rings. The van der Waals surface area contributed by atoms with E-state index in [1.807, 2.05) is 18.2 Å². The Morgan fingerprint density at radius 3 is 3.00 bits per heavy atom. The minimum absolute atomic E-state index is 0.0396. The average molecular weight is 230 g/mol. The number of carbonyl (C=O) groups is 1. The third kappa shape index (κ3) is 2.09. The van der Waals surface area contributed by atoms with Crippen molar-refractivity contribution < 1.29 is 9.53 Å². The maximum Gasteiger partial charge on any atom is 0.267 e. The number of benzene rings is 1. The zero-order valence-electron chi connectivity index (χ0n) is 9.93. The summed E-state index contributed by atoms with van der Waals surface area (Å²) in [5.74, 6) is 0.678. The first-order chi connectivity index (χ1) is 8.13.